The molecule has 1 aromatic heterocycles. The summed E-state index contributed by atoms with van der Waals surface area (Å²) in [5.74, 6) is 1.32. The minimum atomic E-state index is -3.20. The van der Waals surface area contributed by atoms with E-state index in [2.05, 4.69) is 47.0 Å². The number of benzene rings is 2. The van der Waals surface area contributed by atoms with E-state index in [0.717, 1.165) is 28.5 Å². The summed E-state index contributed by atoms with van der Waals surface area (Å²) in [5, 5.41) is 9.48. The minimum absolute atomic E-state index is 0.337. The lowest BCUT2D eigenvalue weighted by Gasteiger charge is -2.12. The predicted octanol–water partition coefficient (Wildman–Crippen LogP) is 3.19. The summed E-state index contributed by atoms with van der Waals surface area (Å²) in [7, 11) is -3.20. The first-order valence-electron chi connectivity index (χ1n) is 8.51. The van der Waals surface area contributed by atoms with Crippen LogP contribution in [0.15, 0.2) is 53.7 Å². The molecule has 2 aromatic carbocycles. The zero-order valence-corrected chi connectivity index (χ0v) is 17.1. The van der Waals surface area contributed by atoms with E-state index in [1.807, 2.05) is 34.9 Å². The Hall–Kier alpha value is -2.16. The molecule has 6 nitrogen and oxygen atoms in total. The molecule has 8 heteroatoms. The van der Waals surface area contributed by atoms with Crippen molar-refractivity contribution in [3.8, 4) is 17.1 Å². The molecular weight excluding hydrogens is 380 g/mol. The van der Waals surface area contributed by atoms with Gasteiger partial charge in [-0.05, 0) is 37.1 Å². The Kier molecular flexibility index (Phi) is 5.98. The van der Waals surface area contributed by atoms with Crippen molar-refractivity contribution in [1.29, 1.82) is 0 Å². The third-order valence-electron chi connectivity index (χ3n) is 4.11. The lowest BCUT2D eigenvalue weighted by atomic mass is 10.1. The molecule has 0 radical (unpaired) electrons. The van der Waals surface area contributed by atoms with Gasteiger partial charge in [-0.3, -0.25) is 4.57 Å². The van der Waals surface area contributed by atoms with Gasteiger partial charge in [-0.15, -0.1) is 10.2 Å². The fourth-order valence-electron chi connectivity index (χ4n) is 2.60. The van der Waals surface area contributed by atoms with Crippen LogP contribution in [0.25, 0.3) is 17.1 Å². The molecule has 27 heavy (non-hydrogen) atoms. The number of nitrogens with zero attached hydrogens (tertiary/aromatic N) is 3. The second-order valence-electron chi connectivity index (χ2n) is 6.29. The zero-order valence-electron chi connectivity index (χ0n) is 15.5. The van der Waals surface area contributed by atoms with Crippen molar-refractivity contribution in [3.05, 3.63) is 59.7 Å². The Morgan fingerprint density at radius 3 is 2.44 bits per heavy atom. The molecule has 0 aliphatic carbocycles. The largest absolute Gasteiger partial charge is 0.270 e. The van der Waals surface area contributed by atoms with E-state index in [4.69, 9.17) is 0 Å². The second-order valence-corrected chi connectivity index (χ2v) is 9.19. The number of aromatic nitrogens is 3. The molecule has 0 unspecified atom stereocenters. The second kappa shape index (κ2) is 8.24. The lowest BCUT2D eigenvalue weighted by molar-refractivity contribution is 0.590. The minimum Gasteiger partial charge on any atom is -0.270 e. The molecule has 142 valence electrons. The molecule has 3 rings (SSSR count). The number of hydrogen-bond acceptors (Lipinski definition) is 5. The Labute approximate surface area is 164 Å². The van der Waals surface area contributed by atoms with Gasteiger partial charge in [0.05, 0.1) is 11.9 Å². The van der Waals surface area contributed by atoms with Gasteiger partial charge in [0.15, 0.2) is 11.0 Å². The standard InChI is InChI=1S/C19H22N4O2S2/c1-14-9-10-17(13-15(14)2)23-18(16-7-5-4-6-8-16)21-22-19(23)26-12-11-20-27(3,24)25/h4-10,13,20H,11-12H2,1-3H3. The van der Waals surface area contributed by atoms with Gasteiger partial charge in [-0.25, -0.2) is 13.1 Å². The first kappa shape index (κ1) is 19.6. The smallest absolute Gasteiger partial charge is 0.208 e. The van der Waals surface area contributed by atoms with Crippen LogP contribution in [0.5, 0.6) is 0 Å². The Bertz CT molecular complexity index is 1030. The summed E-state index contributed by atoms with van der Waals surface area (Å²) in [6.07, 6.45) is 1.16. The molecule has 0 atom stereocenters. The van der Waals surface area contributed by atoms with Crippen molar-refractivity contribution in [1.82, 2.24) is 19.5 Å². The van der Waals surface area contributed by atoms with Gasteiger partial charge in [0, 0.05) is 17.9 Å². The van der Waals surface area contributed by atoms with E-state index in [-0.39, 0.29) is 0 Å². The summed E-state index contributed by atoms with van der Waals surface area (Å²) in [4.78, 5) is 0. The molecule has 0 amide bonds. The van der Waals surface area contributed by atoms with E-state index in [0.29, 0.717) is 12.3 Å². The first-order chi connectivity index (χ1) is 12.8. The number of nitrogens with one attached hydrogen (secondary N) is 1. The van der Waals surface area contributed by atoms with Gasteiger partial charge >= 0.3 is 0 Å². The van der Waals surface area contributed by atoms with E-state index >= 15 is 0 Å². The van der Waals surface area contributed by atoms with Crippen LogP contribution < -0.4 is 4.72 Å². The fraction of sp³-hybridized carbons (Fsp3) is 0.263. The molecule has 0 bridgehead atoms. The summed E-state index contributed by atoms with van der Waals surface area (Å²) in [6, 6.07) is 16.2. The highest BCUT2D eigenvalue weighted by molar-refractivity contribution is 7.99. The van der Waals surface area contributed by atoms with Crippen molar-refractivity contribution in [3.63, 3.8) is 0 Å². The van der Waals surface area contributed by atoms with Crippen LogP contribution in [0.4, 0.5) is 0 Å². The van der Waals surface area contributed by atoms with Gasteiger partial charge in [0.2, 0.25) is 10.0 Å². The summed E-state index contributed by atoms with van der Waals surface area (Å²) in [6.45, 7) is 4.49. The monoisotopic (exact) mass is 402 g/mol. The number of rotatable bonds is 7. The Balaban J connectivity index is 1.96. The van der Waals surface area contributed by atoms with Crippen LogP contribution in [0.2, 0.25) is 0 Å². The Morgan fingerprint density at radius 1 is 1.04 bits per heavy atom. The van der Waals surface area contributed by atoms with Crippen LogP contribution in [0.1, 0.15) is 11.1 Å². The maximum absolute atomic E-state index is 11.2. The maximum Gasteiger partial charge on any atom is 0.208 e. The van der Waals surface area contributed by atoms with Crippen LogP contribution in [0, 0.1) is 13.8 Å². The number of sulfonamides is 1. The molecule has 0 fully saturated rings. The van der Waals surface area contributed by atoms with Crippen LogP contribution >= 0.6 is 11.8 Å². The third-order valence-corrected chi connectivity index (χ3v) is 5.77. The van der Waals surface area contributed by atoms with Gasteiger partial charge in [0.1, 0.15) is 0 Å². The summed E-state index contributed by atoms with van der Waals surface area (Å²) >= 11 is 1.47. The molecule has 1 N–H and O–H groups in total. The average Bonchev–Trinajstić information content (AvgIpc) is 3.05. The summed E-state index contributed by atoms with van der Waals surface area (Å²) < 4.78 is 27.0. The van der Waals surface area contributed by atoms with Crippen molar-refractivity contribution < 1.29 is 8.42 Å². The van der Waals surface area contributed by atoms with Crippen molar-refractivity contribution in [2.24, 2.45) is 0 Å². The molecule has 0 aliphatic heterocycles. The molecular formula is C19H22N4O2S2. The number of hydrogen-bond donors (Lipinski definition) is 1. The Morgan fingerprint density at radius 2 is 1.78 bits per heavy atom. The van der Waals surface area contributed by atoms with Crippen LogP contribution in [-0.4, -0.2) is 41.7 Å². The van der Waals surface area contributed by atoms with E-state index in [1.165, 1.54) is 22.9 Å². The van der Waals surface area contributed by atoms with E-state index in [1.54, 1.807) is 0 Å². The number of aryl methyl sites for hydroxylation is 2. The predicted molar refractivity (Wildman–Crippen MR) is 110 cm³/mol. The maximum atomic E-state index is 11.2. The topological polar surface area (TPSA) is 76.9 Å². The van der Waals surface area contributed by atoms with E-state index < -0.39 is 10.0 Å². The van der Waals surface area contributed by atoms with Crippen molar-refractivity contribution in [2.75, 3.05) is 18.6 Å². The molecule has 3 aromatic rings. The van der Waals surface area contributed by atoms with Crippen LogP contribution in [-0.2, 0) is 10.0 Å². The highest BCUT2D eigenvalue weighted by atomic mass is 32.2. The van der Waals surface area contributed by atoms with E-state index in [9.17, 15) is 8.42 Å². The van der Waals surface area contributed by atoms with Crippen molar-refractivity contribution >= 4 is 21.8 Å². The fourth-order valence-corrected chi connectivity index (χ4v) is 4.01. The highest BCUT2D eigenvalue weighted by Gasteiger charge is 2.16. The molecule has 1 heterocycles. The lowest BCUT2D eigenvalue weighted by Crippen LogP contribution is -2.24. The van der Waals surface area contributed by atoms with Gasteiger partial charge in [-0.1, -0.05) is 48.2 Å². The van der Waals surface area contributed by atoms with Crippen LogP contribution in [0.3, 0.4) is 0 Å². The highest BCUT2D eigenvalue weighted by Crippen LogP contribution is 2.28. The van der Waals surface area contributed by atoms with Gasteiger partial charge in [0.25, 0.3) is 0 Å². The summed E-state index contributed by atoms with van der Waals surface area (Å²) in [5.41, 5.74) is 4.37. The normalized spacial score (nSPS) is 11.7. The molecule has 0 saturated carbocycles. The zero-order chi connectivity index (χ0) is 19.4. The number of thioether (sulfide) groups is 1. The van der Waals surface area contributed by atoms with Gasteiger partial charge < -0.3 is 0 Å². The molecule has 0 spiro atoms. The first-order valence-corrected chi connectivity index (χ1v) is 11.4. The molecule has 0 saturated heterocycles. The quantitative estimate of drug-likeness (QED) is 0.485. The molecule has 0 aliphatic rings. The SMILES string of the molecule is Cc1ccc(-n2c(SCCNS(C)(=O)=O)nnc2-c2ccccc2)cc1C. The third kappa shape index (κ3) is 4.97. The van der Waals surface area contributed by atoms with Crippen molar-refractivity contribution in [2.45, 2.75) is 19.0 Å². The average molecular weight is 403 g/mol. The van der Waals surface area contributed by atoms with Gasteiger partial charge in [-0.2, -0.15) is 0 Å².